The Bertz CT molecular complexity index is 420. The zero-order chi connectivity index (χ0) is 13.8. The van der Waals surface area contributed by atoms with E-state index in [2.05, 4.69) is 0 Å². The predicted molar refractivity (Wildman–Crippen MR) is 66.1 cm³/mol. The van der Waals surface area contributed by atoms with E-state index in [1.807, 2.05) is 13.0 Å². The SMILES string of the molecule is CCCN(Cc1cccc(C)c1)S(=O)C(F)(F)F. The topological polar surface area (TPSA) is 20.3 Å². The Hall–Kier alpha value is -0.880. The number of nitrogens with zero attached hydrogens (tertiary/aromatic N) is 1. The molecule has 18 heavy (non-hydrogen) atoms. The zero-order valence-corrected chi connectivity index (χ0v) is 11.1. The van der Waals surface area contributed by atoms with Crippen molar-refractivity contribution in [2.45, 2.75) is 32.3 Å². The second-order valence-electron chi connectivity index (χ2n) is 4.05. The summed E-state index contributed by atoms with van der Waals surface area (Å²) in [5.41, 5.74) is -2.98. The molecule has 0 spiro atoms. The lowest BCUT2D eigenvalue weighted by molar-refractivity contribution is -0.0430. The van der Waals surface area contributed by atoms with Gasteiger partial charge in [-0.05, 0) is 18.9 Å². The van der Waals surface area contributed by atoms with Gasteiger partial charge in [0.25, 0.3) is 0 Å². The van der Waals surface area contributed by atoms with Crippen molar-refractivity contribution < 1.29 is 17.4 Å². The first-order valence-corrected chi connectivity index (χ1v) is 6.74. The Balaban J connectivity index is 2.84. The van der Waals surface area contributed by atoms with E-state index in [0.29, 0.717) is 6.42 Å². The highest BCUT2D eigenvalue weighted by atomic mass is 32.2. The predicted octanol–water partition coefficient (Wildman–Crippen LogP) is 3.39. The number of benzene rings is 1. The van der Waals surface area contributed by atoms with E-state index in [4.69, 9.17) is 0 Å². The van der Waals surface area contributed by atoms with Crippen LogP contribution >= 0.6 is 0 Å². The van der Waals surface area contributed by atoms with Crippen molar-refractivity contribution in [2.24, 2.45) is 0 Å². The standard InChI is InChI=1S/C12H16F3NOS/c1-3-7-16(18(17)12(13,14)15)9-11-6-4-5-10(2)8-11/h4-6,8H,3,7,9H2,1-2H3. The van der Waals surface area contributed by atoms with Crippen molar-refractivity contribution in [1.82, 2.24) is 4.31 Å². The monoisotopic (exact) mass is 279 g/mol. The molecular weight excluding hydrogens is 263 g/mol. The fourth-order valence-corrected chi connectivity index (χ4v) is 2.54. The van der Waals surface area contributed by atoms with Gasteiger partial charge in [0.1, 0.15) is 0 Å². The van der Waals surface area contributed by atoms with E-state index in [1.165, 1.54) is 0 Å². The van der Waals surface area contributed by atoms with Crippen molar-refractivity contribution in [3.63, 3.8) is 0 Å². The van der Waals surface area contributed by atoms with Gasteiger partial charge < -0.3 is 0 Å². The van der Waals surface area contributed by atoms with Gasteiger partial charge in [-0.25, -0.2) is 8.51 Å². The quantitative estimate of drug-likeness (QED) is 0.809. The molecule has 0 bridgehead atoms. The number of hydrogen-bond donors (Lipinski definition) is 0. The summed E-state index contributed by atoms with van der Waals surface area (Å²) in [6.45, 7) is 3.83. The molecule has 1 unspecified atom stereocenters. The Morgan fingerprint density at radius 3 is 2.50 bits per heavy atom. The average molecular weight is 279 g/mol. The fraction of sp³-hybridized carbons (Fsp3) is 0.500. The van der Waals surface area contributed by atoms with Crippen LogP contribution in [0.5, 0.6) is 0 Å². The van der Waals surface area contributed by atoms with E-state index in [-0.39, 0.29) is 13.1 Å². The fourth-order valence-electron chi connectivity index (χ4n) is 1.63. The summed E-state index contributed by atoms with van der Waals surface area (Å²) in [7, 11) is -2.95. The lowest BCUT2D eigenvalue weighted by atomic mass is 10.1. The summed E-state index contributed by atoms with van der Waals surface area (Å²) < 4.78 is 49.7. The summed E-state index contributed by atoms with van der Waals surface area (Å²) in [5.74, 6) is 0. The first-order valence-electron chi connectivity index (χ1n) is 5.63. The van der Waals surface area contributed by atoms with Crippen molar-refractivity contribution in [2.75, 3.05) is 6.54 Å². The van der Waals surface area contributed by atoms with Crippen LogP contribution in [0.3, 0.4) is 0 Å². The van der Waals surface area contributed by atoms with Gasteiger partial charge in [-0.15, -0.1) is 0 Å². The van der Waals surface area contributed by atoms with Gasteiger partial charge in [0.15, 0.2) is 0 Å². The Labute approximate surface area is 107 Å². The van der Waals surface area contributed by atoms with Gasteiger partial charge >= 0.3 is 5.51 Å². The molecule has 0 aliphatic carbocycles. The van der Waals surface area contributed by atoms with Crippen LogP contribution in [0, 0.1) is 6.92 Å². The Morgan fingerprint density at radius 1 is 1.33 bits per heavy atom. The maximum Gasteiger partial charge on any atom is 0.485 e. The molecule has 0 amide bonds. The van der Waals surface area contributed by atoms with Gasteiger partial charge in [-0.3, -0.25) is 0 Å². The average Bonchev–Trinajstić information content (AvgIpc) is 2.26. The molecule has 1 rings (SSSR count). The molecule has 0 aliphatic rings. The Kier molecular flexibility index (Phi) is 5.34. The molecule has 0 radical (unpaired) electrons. The highest BCUT2D eigenvalue weighted by molar-refractivity contribution is 7.83. The molecule has 0 aliphatic heterocycles. The molecule has 2 nitrogen and oxygen atoms in total. The number of hydrogen-bond acceptors (Lipinski definition) is 1. The number of rotatable bonds is 5. The second-order valence-corrected chi connectivity index (χ2v) is 5.53. The van der Waals surface area contributed by atoms with Crippen molar-refractivity contribution in [1.29, 1.82) is 0 Å². The third-order valence-corrected chi connectivity index (χ3v) is 3.52. The molecule has 0 aromatic heterocycles. The van der Waals surface area contributed by atoms with Crippen LogP contribution in [-0.2, 0) is 17.5 Å². The van der Waals surface area contributed by atoms with Crippen LogP contribution in [-0.4, -0.2) is 20.6 Å². The lowest BCUT2D eigenvalue weighted by Crippen LogP contribution is -2.35. The molecule has 1 atom stereocenters. The molecular formula is C12H16F3NOS. The summed E-state index contributed by atoms with van der Waals surface area (Å²) in [5, 5.41) is 0. The molecule has 0 saturated carbocycles. The van der Waals surface area contributed by atoms with E-state index >= 15 is 0 Å². The van der Waals surface area contributed by atoms with Crippen LogP contribution in [0.15, 0.2) is 24.3 Å². The van der Waals surface area contributed by atoms with Crippen molar-refractivity contribution in [3.05, 3.63) is 35.4 Å². The Morgan fingerprint density at radius 2 is 2.00 bits per heavy atom. The van der Waals surface area contributed by atoms with Gasteiger partial charge in [0.05, 0.1) is 0 Å². The molecule has 1 aromatic rings. The van der Waals surface area contributed by atoms with Crippen LogP contribution < -0.4 is 0 Å². The number of alkyl halides is 3. The third-order valence-electron chi connectivity index (χ3n) is 2.35. The van der Waals surface area contributed by atoms with E-state index in [9.17, 15) is 17.4 Å². The largest absolute Gasteiger partial charge is 0.485 e. The number of aryl methyl sites for hydroxylation is 1. The molecule has 0 N–H and O–H groups in total. The van der Waals surface area contributed by atoms with E-state index in [1.54, 1.807) is 25.1 Å². The summed E-state index contributed by atoms with van der Waals surface area (Å²) in [4.78, 5) is 0. The summed E-state index contributed by atoms with van der Waals surface area (Å²) in [6, 6.07) is 7.19. The first-order chi connectivity index (χ1) is 8.34. The second kappa shape index (κ2) is 6.33. The van der Waals surface area contributed by atoms with Crippen molar-refractivity contribution in [3.8, 4) is 0 Å². The highest BCUT2D eigenvalue weighted by Crippen LogP contribution is 2.24. The van der Waals surface area contributed by atoms with Gasteiger partial charge in [0.2, 0.25) is 11.0 Å². The lowest BCUT2D eigenvalue weighted by Gasteiger charge is -2.21. The van der Waals surface area contributed by atoms with E-state index < -0.39 is 16.5 Å². The van der Waals surface area contributed by atoms with Gasteiger partial charge in [-0.1, -0.05) is 36.8 Å². The maximum atomic E-state index is 12.5. The first kappa shape index (κ1) is 15.2. The smallest absolute Gasteiger partial charge is 0.233 e. The minimum absolute atomic E-state index is 0.0433. The van der Waals surface area contributed by atoms with Crippen LogP contribution in [0.4, 0.5) is 13.2 Å². The van der Waals surface area contributed by atoms with Gasteiger partial charge in [0, 0.05) is 13.1 Å². The zero-order valence-electron chi connectivity index (χ0n) is 10.3. The van der Waals surface area contributed by atoms with Crippen LogP contribution in [0.2, 0.25) is 0 Å². The normalized spacial score (nSPS) is 13.9. The highest BCUT2D eigenvalue weighted by Gasteiger charge is 2.40. The maximum absolute atomic E-state index is 12.5. The van der Waals surface area contributed by atoms with Gasteiger partial charge in [-0.2, -0.15) is 13.2 Å². The summed E-state index contributed by atoms with van der Waals surface area (Å²) in [6.07, 6.45) is 0.521. The molecule has 0 fully saturated rings. The number of halogens is 3. The molecule has 1 aromatic carbocycles. The minimum Gasteiger partial charge on any atom is -0.233 e. The minimum atomic E-state index is -4.70. The van der Waals surface area contributed by atoms with Crippen LogP contribution in [0.25, 0.3) is 0 Å². The third kappa shape index (κ3) is 4.42. The summed E-state index contributed by atoms with van der Waals surface area (Å²) >= 11 is 0. The molecule has 0 saturated heterocycles. The molecule has 0 heterocycles. The molecule has 6 heteroatoms. The molecule has 102 valence electrons. The van der Waals surface area contributed by atoms with Crippen molar-refractivity contribution >= 4 is 11.0 Å². The van der Waals surface area contributed by atoms with Crippen LogP contribution in [0.1, 0.15) is 24.5 Å². The van der Waals surface area contributed by atoms with E-state index in [0.717, 1.165) is 15.4 Å².